The first-order chi connectivity index (χ1) is 10.8. The van der Waals surface area contributed by atoms with Crippen LogP contribution in [0.5, 0.6) is 0 Å². The average molecular weight is 192 g/mol. The zero-order valence-corrected chi connectivity index (χ0v) is 5.45. The van der Waals surface area contributed by atoms with Gasteiger partial charge in [0.1, 0.15) is 24.3 Å². The Bertz CT molecular complexity index is 468. The topological polar surface area (TPSA) is 110 Å². The second-order valence-corrected chi connectivity index (χ2v) is 1.81. The molecule has 1 fully saturated rings. The molecule has 0 bridgehead atoms. The van der Waals surface area contributed by atoms with Crippen LogP contribution in [0.15, 0.2) is 0 Å². The van der Waals surface area contributed by atoms with Gasteiger partial charge in [0.25, 0.3) is 0 Å². The molecule has 1 heterocycles. The molecule has 12 heavy (non-hydrogen) atoms. The molecule has 0 radical (unpaired) electrons. The Morgan fingerprint density at radius 1 is 1.25 bits per heavy atom. The predicted molar refractivity (Wildman–Crippen MR) is 36.0 cm³/mol. The summed E-state index contributed by atoms with van der Waals surface area (Å²) in [6.45, 7) is -3.73. The second-order valence-electron chi connectivity index (χ2n) is 1.81. The molecule has 0 aromatic carbocycles. The molecule has 5 N–H and O–H groups in total. The van der Waals surface area contributed by atoms with E-state index in [-0.39, 0.29) is 0 Å². The normalized spacial score (nSPS) is 95.0. The third kappa shape index (κ3) is 1.58. The smallest absolute Gasteiger partial charge is 0.213 e. The van der Waals surface area contributed by atoms with Gasteiger partial charge in [0.2, 0.25) is 7.16 Å². The zero-order valence-electron chi connectivity index (χ0n) is 17.4. The minimum Gasteiger partial charge on any atom is -0.394 e. The van der Waals surface area contributed by atoms with Crippen molar-refractivity contribution in [3.8, 4) is 0 Å². The fourth-order valence-electron chi connectivity index (χ4n) is 0.552. The minimum atomic E-state index is -3.86. The molecule has 0 saturated carbocycles. The van der Waals surface area contributed by atoms with E-state index in [4.69, 9.17) is 16.8 Å². The lowest BCUT2D eigenvalue weighted by Gasteiger charge is -2.37. The van der Waals surface area contributed by atoms with Gasteiger partial charge in [0, 0.05) is 0 Å². The van der Waals surface area contributed by atoms with Crippen molar-refractivity contribution < 1.29 is 39.9 Å². The molecule has 6 nitrogen and oxygen atoms in total. The highest BCUT2D eigenvalue weighted by Gasteiger charge is 2.42. The molecule has 0 aromatic rings. The van der Waals surface area contributed by atoms with Crippen molar-refractivity contribution in [1.82, 2.24) is 0 Å². The number of rotatable bonds is 6. The van der Waals surface area contributed by atoms with E-state index < -0.39 is 37.1 Å². The standard InChI is InChI=1S/C6H12O6/c7-1-2-3(8)4(9)5(10)6(11)12-2/h2-11H,1H2/t2-,3-,4+,5-,6+/m0/s1/i1D2,2D,3D,4D,5D,6D,7D,8D,9D,10D,11D. The molecule has 1 rings (SSSR count). The van der Waals surface area contributed by atoms with Crippen molar-refractivity contribution in [2.24, 2.45) is 0 Å². The molecule has 72 valence electrons. The van der Waals surface area contributed by atoms with Gasteiger partial charge in [-0.15, -0.1) is 0 Å². The maximum Gasteiger partial charge on any atom is 0.213 e. The van der Waals surface area contributed by atoms with Crippen LogP contribution in [0, 0.1) is 0 Å². The maximum atomic E-state index is 7.91. The van der Waals surface area contributed by atoms with Crippen LogP contribution in [0.3, 0.4) is 0 Å². The number of ether oxygens (including phenoxy) is 1. The van der Waals surface area contributed by atoms with Gasteiger partial charge in [-0.1, -0.05) is 0 Å². The van der Waals surface area contributed by atoms with Crippen molar-refractivity contribution in [3.05, 3.63) is 0 Å². The number of aliphatic hydroxyl groups is 5. The summed E-state index contributed by atoms with van der Waals surface area (Å²) < 4.78 is 92.6. The van der Waals surface area contributed by atoms with Crippen LogP contribution in [-0.4, -0.2) is 69.8 Å². The molecular weight excluding hydrogens is 168 g/mol. The molecule has 1 aliphatic rings. The van der Waals surface area contributed by atoms with Crippen molar-refractivity contribution in [2.45, 2.75) is 30.6 Å². The molecular formula is C6H12O6. The molecule has 6 heteroatoms. The Balaban J connectivity index is 3.88. The largest absolute Gasteiger partial charge is 0.394 e. The van der Waals surface area contributed by atoms with Crippen molar-refractivity contribution in [3.63, 3.8) is 0 Å². The monoisotopic (exact) mass is 192 g/mol. The molecule has 5 atom stereocenters. The number of hydrogen-bond donors (Lipinski definition) is 5. The summed E-state index contributed by atoms with van der Waals surface area (Å²) in [5, 5.41) is 18.7. The van der Waals surface area contributed by atoms with Crippen molar-refractivity contribution >= 4 is 0 Å². The van der Waals surface area contributed by atoms with E-state index in [0.717, 1.165) is 0 Å². The molecule has 0 unspecified atom stereocenters. The molecule has 1 aliphatic heterocycles. The van der Waals surface area contributed by atoms with Crippen molar-refractivity contribution in [2.75, 3.05) is 6.56 Å². The molecule has 0 amide bonds. The van der Waals surface area contributed by atoms with Gasteiger partial charge in [-0.25, -0.2) is 0 Å². The van der Waals surface area contributed by atoms with Gasteiger partial charge in [0.05, 0.1) is 16.2 Å². The van der Waals surface area contributed by atoms with Crippen LogP contribution in [0.2, 0.25) is 0 Å². The summed E-state index contributed by atoms with van der Waals surface area (Å²) in [5.74, 6) is 0. The Morgan fingerprint density at radius 2 is 2.08 bits per heavy atom. The second kappa shape index (κ2) is 3.65. The fourth-order valence-corrected chi connectivity index (χ4v) is 0.552. The summed E-state index contributed by atoms with van der Waals surface area (Å²) in [4.78, 5) is 0. The van der Waals surface area contributed by atoms with Crippen LogP contribution < -0.4 is 0 Å². The van der Waals surface area contributed by atoms with Crippen LogP contribution in [0.1, 0.15) is 9.60 Å². The van der Waals surface area contributed by atoms with Gasteiger partial charge >= 0.3 is 0 Å². The van der Waals surface area contributed by atoms with E-state index in [2.05, 4.69) is 30.3 Å². The Morgan fingerprint density at radius 3 is 2.67 bits per heavy atom. The maximum absolute atomic E-state index is 7.91. The quantitative estimate of drug-likeness (QED) is 0.303. The molecule has 0 spiro atoms. The minimum absolute atomic E-state index is 3.59. The van der Waals surface area contributed by atoms with Gasteiger partial charge in [-0.2, -0.15) is 0 Å². The third-order valence-electron chi connectivity index (χ3n) is 1.09. The van der Waals surface area contributed by atoms with Gasteiger partial charge in [0.15, 0.2) is 6.27 Å². The number of hydrogen-bond acceptors (Lipinski definition) is 6. The predicted octanol–water partition coefficient (Wildman–Crippen LogP) is -3.22. The summed E-state index contributed by atoms with van der Waals surface area (Å²) in [6.07, 6.45) is -19.1. The average Bonchev–Trinajstić information content (AvgIpc) is 2.57. The molecule has 0 aromatic heterocycles. The summed E-state index contributed by atoms with van der Waals surface area (Å²) in [7, 11) is 0. The molecule has 1 saturated heterocycles. The van der Waals surface area contributed by atoms with E-state index in [1.807, 2.05) is 0 Å². The van der Waals surface area contributed by atoms with Crippen LogP contribution in [0.4, 0.5) is 0 Å². The lowest BCUT2D eigenvalue weighted by molar-refractivity contribution is -0.286. The first kappa shape index (κ1) is 2.41. The fraction of sp³-hybridized carbons (Fsp3) is 1.00. The Labute approximate surface area is 85.9 Å². The van der Waals surface area contributed by atoms with E-state index in [0.29, 0.717) is 0 Å². The van der Waals surface area contributed by atoms with E-state index in [1.165, 1.54) is 0 Å². The highest BCUT2D eigenvalue weighted by Crippen LogP contribution is 2.18. The lowest BCUT2D eigenvalue weighted by Crippen LogP contribution is -2.58. The van der Waals surface area contributed by atoms with Crippen LogP contribution in [-0.2, 0) is 4.74 Å². The first-order valence-corrected chi connectivity index (χ1v) is 2.68. The van der Waals surface area contributed by atoms with Crippen molar-refractivity contribution in [1.29, 1.82) is 7.16 Å². The Kier molecular flexibility index (Phi) is 0.733. The zero-order chi connectivity index (χ0) is 19.2. The lowest BCUT2D eigenvalue weighted by atomic mass is 10.00. The van der Waals surface area contributed by atoms with Gasteiger partial charge in [-0.05, 0) is 0 Å². The van der Waals surface area contributed by atoms with Crippen LogP contribution in [0.25, 0.3) is 0 Å². The summed E-state index contributed by atoms with van der Waals surface area (Å²) >= 11 is 0. The summed E-state index contributed by atoms with van der Waals surface area (Å²) in [5.41, 5.74) is 0. The van der Waals surface area contributed by atoms with Gasteiger partial charge in [-0.3, -0.25) is 0 Å². The SMILES string of the molecule is [2H]OC([2H])([2H])[C@]1([2H])O[C@@]([2H])(O[2H])[C@@]([2H])(O[2H])[C@]([2H])(O[2H])[C@@]1([2H])O[2H]. The highest BCUT2D eigenvalue weighted by atomic mass is 16.6. The third-order valence-corrected chi connectivity index (χ3v) is 1.09. The summed E-state index contributed by atoms with van der Waals surface area (Å²) in [6, 6.07) is 0. The molecule has 0 aliphatic carbocycles. The van der Waals surface area contributed by atoms with Gasteiger partial charge < -0.3 is 30.3 Å². The van der Waals surface area contributed by atoms with E-state index in [1.54, 1.807) is 0 Å². The highest BCUT2D eigenvalue weighted by molar-refractivity contribution is 4.87. The Hall–Kier alpha value is -0.240. The van der Waals surface area contributed by atoms with Crippen LogP contribution >= 0.6 is 0 Å². The van der Waals surface area contributed by atoms with E-state index in [9.17, 15) is 0 Å². The first-order valence-electron chi connectivity index (χ1n) is 8.22. The van der Waals surface area contributed by atoms with E-state index >= 15 is 0 Å².